The van der Waals surface area contributed by atoms with E-state index < -0.39 is 0 Å². The van der Waals surface area contributed by atoms with E-state index in [-0.39, 0.29) is 5.84 Å². The molecule has 1 aromatic rings. The van der Waals surface area contributed by atoms with E-state index in [2.05, 4.69) is 33.9 Å². The highest BCUT2D eigenvalue weighted by Crippen LogP contribution is 2.27. The second kappa shape index (κ2) is 5.20. The summed E-state index contributed by atoms with van der Waals surface area (Å²) in [5.41, 5.74) is 6.09. The Morgan fingerprint density at radius 3 is 2.83 bits per heavy atom. The van der Waals surface area contributed by atoms with Gasteiger partial charge in [-0.15, -0.1) is 0 Å². The number of aromatic nitrogens is 2. The van der Waals surface area contributed by atoms with Crippen LogP contribution in [0.15, 0.2) is 17.5 Å². The Bertz CT molecular complexity index is 448. The number of amidine groups is 1. The lowest BCUT2D eigenvalue weighted by atomic mass is 9.93. The Balaban J connectivity index is 2.33. The van der Waals surface area contributed by atoms with E-state index in [9.17, 15) is 0 Å². The third-order valence-corrected chi connectivity index (χ3v) is 3.44. The van der Waals surface area contributed by atoms with Crippen LogP contribution in [-0.2, 0) is 0 Å². The summed E-state index contributed by atoms with van der Waals surface area (Å²) in [7, 11) is 0. The normalized spacial score (nSPS) is 25.2. The number of hydrogen-bond donors (Lipinski definition) is 2. The van der Waals surface area contributed by atoms with E-state index in [0.29, 0.717) is 17.6 Å². The van der Waals surface area contributed by atoms with Crippen LogP contribution in [0, 0.1) is 5.92 Å². The van der Waals surface area contributed by atoms with Gasteiger partial charge in [0, 0.05) is 25.0 Å². The smallest absolute Gasteiger partial charge is 0.192 e. The second-order valence-corrected chi connectivity index (χ2v) is 4.89. The van der Waals surface area contributed by atoms with Gasteiger partial charge in [0.1, 0.15) is 0 Å². The molecule has 2 atom stereocenters. The van der Waals surface area contributed by atoms with Crippen molar-refractivity contribution in [1.82, 2.24) is 9.97 Å². The van der Waals surface area contributed by atoms with E-state index in [0.717, 1.165) is 25.3 Å². The van der Waals surface area contributed by atoms with Gasteiger partial charge in [-0.3, -0.25) is 0 Å². The van der Waals surface area contributed by atoms with Gasteiger partial charge in [-0.25, -0.2) is 9.97 Å². The van der Waals surface area contributed by atoms with Crippen molar-refractivity contribution in [1.29, 1.82) is 0 Å². The summed E-state index contributed by atoms with van der Waals surface area (Å²) in [6.45, 7) is 5.35. The van der Waals surface area contributed by atoms with Crippen LogP contribution in [-0.4, -0.2) is 33.6 Å². The van der Waals surface area contributed by atoms with Gasteiger partial charge in [0.15, 0.2) is 17.3 Å². The van der Waals surface area contributed by atoms with Gasteiger partial charge in [-0.05, 0) is 25.7 Å². The quantitative estimate of drug-likeness (QED) is 0.356. The first kappa shape index (κ1) is 12.6. The maximum absolute atomic E-state index is 8.80. The first-order valence-electron chi connectivity index (χ1n) is 6.19. The van der Waals surface area contributed by atoms with Crippen LogP contribution in [0.2, 0.25) is 0 Å². The van der Waals surface area contributed by atoms with Gasteiger partial charge in [-0.2, -0.15) is 0 Å². The summed E-state index contributed by atoms with van der Waals surface area (Å²) in [5, 5.41) is 11.8. The van der Waals surface area contributed by atoms with Gasteiger partial charge >= 0.3 is 0 Å². The highest BCUT2D eigenvalue weighted by atomic mass is 16.4. The van der Waals surface area contributed by atoms with Gasteiger partial charge in [-0.1, -0.05) is 12.1 Å². The predicted molar refractivity (Wildman–Crippen MR) is 69.7 cm³/mol. The summed E-state index contributed by atoms with van der Waals surface area (Å²) in [5.74, 6) is 1.43. The molecule has 1 fully saturated rings. The second-order valence-electron chi connectivity index (χ2n) is 4.89. The van der Waals surface area contributed by atoms with Crippen molar-refractivity contribution >= 4 is 11.7 Å². The number of anilines is 1. The molecule has 1 aromatic heterocycles. The first-order valence-corrected chi connectivity index (χ1v) is 6.19. The molecule has 0 spiro atoms. The molecular weight excluding hydrogens is 230 g/mol. The molecule has 0 aliphatic carbocycles. The Morgan fingerprint density at radius 2 is 2.17 bits per heavy atom. The molecular formula is C12H19N5O. The number of oxime groups is 1. The molecule has 2 rings (SSSR count). The van der Waals surface area contributed by atoms with Crippen LogP contribution in [0.3, 0.4) is 0 Å². The minimum atomic E-state index is 0.00363. The molecule has 0 bridgehead atoms. The zero-order valence-electron chi connectivity index (χ0n) is 10.7. The van der Waals surface area contributed by atoms with E-state index in [1.54, 1.807) is 12.4 Å². The lowest BCUT2D eigenvalue weighted by Crippen LogP contribution is -2.42. The maximum atomic E-state index is 8.80. The zero-order chi connectivity index (χ0) is 13.1. The van der Waals surface area contributed by atoms with Gasteiger partial charge < -0.3 is 15.8 Å². The van der Waals surface area contributed by atoms with E-state index in [1.807, 2.05) is 0 Å². The molecule has 6 heteroatoms. The van der Waals surface area contributed by atoms with Crippen molar-refractivity contribution in [3.05, 3.63) is 18.1 Å². The highest BCUT2D eigenvalue weighted by molar-refractivity contribution is 5.99. The van der Waals surface area contributed by atoms with Crippen LogP contribution in [0.4, 0.5) is 5.82 Å². The highest BCUT2D eigenvalue weighted by Gasteiger charge is 2.26. The SMILES string of the molecule is CC1CCN(c2nccnc2/C(N)=N/O)C(C)C1. The Morgan fingerprint density at radius 1 is 1.44 bits per heavy atom. The number of rotatable bonds is 2. The third kappa shape index (κ3) is 2.37. The van der Waals surface area contributed by atoms with Crippen molar-refractivity contribution in [2.75, 3.05) is 11.4 Å². The Labute approximate surface area is 107 Å². The molecule has 3 N–H and O–H groups in total. The molecule has 0 amide bonds. The van der Waals surface area contributed by atoms with Crippen molar-refractivity contribution in [3.8, 4) is 0 Å². The maximum Gasteiger partial charge on any atom is 0.192 e. The minimum absolute atomic E-state index is 0.00363. The average Bonchev–Trinajstić information content (AvgIpc) is 2.38. The summed E-state index contributed by atoms with van der Waals surface area (Å²) in [6, 6.07) is 0.385. The first-order chi connectivity index (χ1) is 8.63. The van der Waals surface area contributed by atoms with Crippen LogP contribution in [0.5, 0.6) is 0 Å². The molecule has 2 unspecified atom stereocenters. The van der Waals surface area contributed by atoms with Crippen LogP contribution >= 0.6 is 0 Å². The molecule has 0 radical (unpaired) electrons. The molecule has 0 aromatic carbocycles. The van der Waals surface area contributed by atoms with E-state index in [1.165, 1.54) is 0 Å². The fourth-order valence-corrected chi connectivity index (χ4v) is 2.49. The fourth-order valence-electron chi connectivity index (χ4n) is 2.49. The largest absolute Gasteiger partial charge is 0.409 e. The molecule has 18 heavy (non-hydrogen) atoms. The van der Waals surface area contributed by atoms with Crippen molar-refractivity contribution in [3.63, 3.8) is 0 Å². The fraction of sp³-hybridized carbons (Fsp3) is 0.583. The van der Waals surface area contributed by atoms with Gasteiger partial charge in [0.05, 0.1) is 0 Å². The third-order valence-electron chi connectivity index (χ3n) is 3.44. The van der Waals surface area contributed by atoms with Crippen molar-refractivity contribution in [2.45, 2.75) is 32.7 Å². The Kier molecular flexibility index (Phi) is 3.64. The summed E-state index contributed by atoms with van der Waals surface area (Å²) in [6.07, 6.45) is 5.42. The summed E-state index contributed by atoms with van der Waals surface area (Å²) < 4.78 is 0. The standard InChI is InChI=1S/C12H19N5O/c1-8-3-6-17(9(2)7-8)12-10(11(13)16-18)14-4-5-15-12/h4-5,8-9,18H,3,6-7H2,1-2H3,(H2,13,16). The number of nitrogens with zero attached hydrogens (tertiary/aromatic N) is 4. The molecule has 98 valence electrons. The van der Waals surface area contributed by atoms with Gasteiger partial charge in [0.2, 0.25) is 0 Å². The topological polar surface area (TPSA) is 87.6 Å². The summed E-state index contributed by atoms with van der Waals surface area (Å²) >= 11 is 0. The van der Waals surface area contributed by atoms with Crippen LogP contribution in [0.1, 0.15) is 32.4 Å². The lowest BCUT2D eigenvalue weighted by Gasteiger charge is -2.37. The zero-order valence-corrected chi connectivity index (χ0v) is 10.7. The average molecular weight is 249 g/mol. The Hall–Kier alpha value is -1.85. The van der Waals surface area contributed by atoms with Gasteiger partial charge in [0.25, 0.3) is 0 Å². The predicted octanol–water partition coefficient (Wildman–Crippen LogP) is 1.20. The number of hydrogen-bond acceptors (Lipinski definition) is 5. The minimum Gasteiger partial charge on any atom is -0.409 e. The molecule has 1 saturated heterocycles. The molecule has 6 nitrogen and oxygen atoms in total. The van der Waals surface area contributed by atoms with Crippen LogP contribution < -0.4 is 10.6 Å². The van der Waals surface area contributed by atoms with Crippen molar-refractivity contribution < 1.29 is 5.21 Å². The van der Waals surface area contributed by atoms with E-state index in [4.69, 9.17) is 10.9 Å². The molecule has 1 aliphatic rings. The molecule has 0 saturated carbocycles. The number of nitrogens with two attached hydrogens (primary N) is 1. The molecule has 2 heterocycles. The summed E-state index contributed by atoms with van der Waals surface area (Å²) in [4.78, 5) is 10.7. The van der Waals surface area contributed by atoms with Crippen molar-refractivity contribution in [2.24, 2.45) is 16.8 Å². The monoisotopic (exact) mass is 249 g/mol. The number of piperidine rings is 1. The lowest BCUT2D eigenvalue weighted by molar-refractivity contribution is 0.318. The molecule has 1 aliphatic heterocycles. The van der Waals surface area contributed by atoms with Crippen LogP contribution in [0.25, 0.3) is 0 Å². The van der Waals surface area contributed by atoms with E-state index >= 15 is 0 Å².